The number of amides is 1. The molecule has 7 heterocycles. The lowest BCUT2D eigenvalue weighted by Crippen LogP contribution is -2.58. The van der Waals surface area contributed by atoms with Crippen molar-refractivity contribution in [2.45, 2.75) is 87.9 Å². The van der Waals surface area contributed by atoms with Crippen LogP contribution in [0.5, 0.6) is 17.4 Å². The number of carbonyl (C=O) groups is 1. The topological polar surface area (TPSA) is 203 Å². The number of aromatic nitrogens is 3. The smallest absolute Gasteiger partial charge is 0.300 e. The van der Waals surface area contributed by atoms with Crippen LogP contribution in [0.1, 0.15) is 92.2 Å². The number of sulfonamides is 1. The van der Waals surface area contributed by atoms with Gasteiger partial charge in [0, 0.05) is 62.2 Å². The van der Waals surface area contributed by atoms with Gasteiger partial charge < -0.3 is 34.1 Å². The maximum atomic E-state index is 14.1. The minimum atomic E-state index is -4.75. The Labute approximate surface area is 383 Å². The molecular formula is C48H56N8O9S. The lowest BCUT2D eigenvalue weighted by molar-refractivity contribution is -0.384. The summed E-state index contributed by atoms with van der Waals surface area (Å²) in [5.74, 6) is 0.0360. The Balaban J connectivity index is 0.854. The molecule has 3 saturated heterocycles. The number of ether oxygens (including phenoxy) is 4. The lowest BCUT2D eigenvalue weighted by Gasteiger charge is -2.57. The summed E-state index contributed by atoms with van der Waals surface area (Å²) in [6.45, 7) is 9.96. The molecular weight excluding hydrogens is 865 g/mol. The Kier molecular flexibility index (Phi) is 12.1. The summed E-state index contributed by atoms with van der Waals surface area (Å²) in [4.78, 5) is 42.3. The van der Waals surface area contributed by atoms with E-state index in [-0.39, 0.29) is 47.0 Å². The fraction of sp³-hybridized carbons (Fsp3) is 0.479. The van der Waals surface area contributed by atoms with Gasteiger partial charge in [-0.15, -0.1) is 0 Å². The van der Waals surface area contributed by atoms with E-state index in [0.717, 1.165) is 81.9 Å². The molecule has 1 aliphatic carbocycles. The Bertz CT molecular complexity index is 2730. The van der Waals surface area contributed by atoms with Crippen molar-refractivity contribution in [3.63, 3.8) is 0 Å². The molecule has 10 rings (SSSR count). The third kappa shape index (κ3) is 8.90. The Morgan fingerprint density at radius 1 is 1.02 bits per heavy atom. The molecule has 0 radical (unpaired) electrons. The van der Waals surface area contributed by atoms with Crippen molar-refractivity contribution in [2.75, 3.05) is 62.9 Å². The van der Waals surface area contributed by atoms with Crippen LogP contribution in [0.15, 0.2) is 78.1 Å². The summed E-state index contributed by atoms with van der Waals surface area (Å²) in [6, 6.07) is 18.9. The molecule has 0 bridgehead atoms. The van der Waals surface area contributed by atoms with E-state index in [9.17, 15) is 23.3 Å². The normalized spacial score (nSPS) is 21.5. The number of carbonyl (C=O) groups excluding carboxylic acids is 1. The number of nitrogens with zero attached hydrogens (tertiary/aromatic N) is 5. The number of morpholine rings is 1. The van der Waals surface area contributed by atoms with Crippen LogP contribution in [0.2, 0.25) is 0 Å². The van der Waals surface area contributed by atoms with Crippen LogP contribution in [0.25, 0.3) is 11.0 Å². The van der Waals surface area contributed by atoms with Gasteiger partial charge in [0.1, 0.15) is 23.8 Å². The van der Waals surface area contributed by atoms with Crippen molar-refractivity contribution in [1.82, 2.24) is 24.6 Å². The number of anilines is 2. The second kappa shape index (κ2) is 18.1. The second-order valence-corrected chi connectivity index (χ2v) is 20.5. The molecule has 2 aromatic carbocycles. The Morgan fingerprint density at radius 3 is 2.61 bits per heavy atom. The number of hydrogen-bond donors (Lipinski definition) is 3. The highest BCUT2D eigenvalue weighted by molar-refractivity contribution is 7.90. The molecule has 66 heavy (non-hydrogen) atoms. The van der Waals surface area contributed by atoms with E-state index >= 15 is 0 Å². The fourth-order valence-corrected chi connectivity index (χ4v) is 11.7. The maximum Gasteiger partial charge on any atom is 0.300 e. The van der Waals surface area contributed by atoms with Crippen molar-refractivity contribution in [1.29, 1.82) is 0 Å². The highest BCUT2D eigenvalue weighted by atomic mass is 32.2. The van der Waals surface area contributed by atoms with Crippen LogP contribution in [-0.2, 0) is 19.5 Å². The first-order valence-corrected chi connectivity index (χ1v) is 24.6. The van der Waals surface area contributed by atoms with E-state index in [2.05, 4.69) is 72.9 Å². The summed E-state index contributed by atoms with van der Waals surface area (Å²) >= 11 is 0. The van der Waals surface area contributed by atoms with Crippen LogP contribution in [-0.4, -0.2) is 104 Å². The average Bonchev–Trinajstić information content (AvgIpc) is 3.79. The minimum Gasteiger partial charge on any atom is -0.474 e. The predicted octanol–water partition coefficient (Wildman–Crippen LogP) is 7.71. The van der Waals surface area contributed by atoms with Gasteiger partial charge in [-0.25, -0.2) is 9.71 Å². The highest BCUT2D eigenvalue weighted by Gasteiger charge is 2.50. The SMILES string of the molecule is CC(C)c1ccccc1[C@@H]1COCCN1C1CC2(CCN(c3ccc(C(=O)NS(=O)(=O)c4cc([N+](=O)[O-])c5c(n4)OC[C@H](CC4CCOCC4)N5)c(Oc4cnc5[nH]ccc5c4)c3)CC2)C1. The number of H-pyrrole nitrogens is 1. The molecule has 0 unspecified atom stereocenters. The number of hydrogen-bond acceptors (Lipinski definition) is 14. The van der Waals surface area contributed by atoms with Gasteiger partial charge in [-0.3, -0.25) is 19.8 Å². The molecule has 5 aromatic rings. The zero-order valence-corrected chi connectivity index (χ0v) is 38.1. The van der Waals surface area contributed by atoms with Crippen molar-refractivity contribution in [3.05, 3.63) is 99.9 Å². The molecule has 3 N–H and O–H groups in total. The molecule has 18 heteroatoms. The van der Waals surface area contributed by atoms with Crippen LogP contribution in [0.3, 0.4) is 0 Å². The summed E-state index contributed by atoms with van der Waals surface area (Å²) in [7, 11) is -4.75. The van der Waals surface area contributed by atoms with Gasteiger partial charge in [-0.05, 0) is 97.6 Å². The molecule has 348 valence electrons. The Morgan fingerprint density at radius 2 is 1.82 bits per heavy atom. The molecule has 3 aromatic heterocycles. The minimum absolute atomic E-state index is 0.00243. The number of rotatable bonds is 12. The van der Waals surface area contributed by atoms with Gasteiger partial charge >= 0.3 is 5.69 Å². The lowest BCUT2D eigenvalue weighted by atomic mass is 9.59. The quantitative estimate of drug-likeness (QED) is 0.0811. The number of nitro groups is 1. The molecule has 5 aliphatic rings. The van der Waals surface area contributed by atoms with E-state index < -0.39 is 31.6 Å². The average molecular weight is 921 g/mol. The van der Waals surface area contributed by atoms with Crippen molar-refractivity contribution >= 4 is 44.0 Å². The maximum absolute atomic E-state index is 14.1. The number of benzene rings is 2. The third-order valence-corrected chi connectivity index (χ3v) is 15.5. The van der Waals surface area contributed by atoms with E-state index in [0.29, 0.717) is 55.5 Å². The zero-order chi connectivity index (χ0) is 45.6. The van der Waals surface area contributed by atoms with Gasteiger partial charge in [0.2, 0.25) is 5.88 Å². The van der Waals surface area contributed by atoms with Gasteiger partial charge in [-0.2, -0.15) is 13.4 Å². The number of nitrogens with one attached hydrogen (secondary N) is 3. The van der Waals surface area contributed by atoms with Crippen molar-refractivity contribution in [2.24, 2.45) is 11.3 Å². The van der Waals surface area contributed by atoms with Gasteiger partial charge in [-0.1, -0.05) is 38.1 Å². The molecule has 4 aliphatic heterocycles. The number of piperidine rings is 1. The number of aromatic amines is 1. The van der Waals surface area contributed by atoms with Crippen LogP contribution in [0, 0.1) is 21.4 Å². The summed E-state index contributed by atoms with van der Waals surface area (Å²) in [5.41, 5.74) is 3.91. The van der Waals surface area contributed by atoms with E-state index in [1.54, 1.807) is 30.5 Å². The third-order valence-electron chi connectivity index (χ3n) is 14.3. The molecule has 4 fully saturated rings. The second-order valence-electron chi connectivity index (χ2n) is 18.8. The standard InChI is InChI=1S/C48H56N8O9S/c1-30(2)37-5-3-4-6-38(37)41-29-63-20-17-55(41)35-25-48(26-35)12-15-54(16-13-48)34-7-8-39(42(23-34)65-36-22-32-9-14-49-45(32)50-27-36)46(57)53-66(60,61)43-24-40(56(58)59)44-47(52-43)64-28-33(51-44)21-31-10-18-62-19-11-31/h3-9,14,22-24,27,30-31,33,35,41,51H,10-13,15-21,25-26,28-29H2,1-2H3,(H,49,50)(H,53,57)/t33-,41-/m0/s1. The number of fused-ring (bicyclic) bond motifs is 2. The molecule has 1 spiro atoms. The fourth-order valence-electron chi connectivity index (χ4n) is 10.7. The first kappa shape index (κ1) is 44.0. The van der Waals surface area contributed by atoms with Crippen LogP contribution >= 0.6 is 0 Å². The number of pyridine rings is 2. The van der Waals surface area contributed by atoms with Gasteiger partial charge in [0.15, 0.2) is 10.7 Å². The highest BCUT2D eigenvalue weighted by Crippen LogP contribution is 2.53. The molecule has 2 atom stereocenters. The zero-order valence-electron chi connectivity index (χ0n) is 37.2. The van der Waals surface area contributed by atoms with Crippen molar-refractivity contribution in [3.8, 4) is 17.4 Å². The molecule has 1 amide bonds. The van der Waals surface area contributed by atoms with Crippen LogP contribution in [0.4, 0.5) is 17.1 Å². The first-order valence-electron chi connectivity index (χ1n) is 23.1. The van der Waals surface area contributed by atoms with Crippen molar-refractivity contribution < 1.29 is 37.1 Å². The monoisotopic (exact) mass is 920 g/mol. The summed E-state index contributed by atoms with van der Waals surface area (Å²) in [6.07, 6.45) is 10.1. The van der Waals surface area contributed by atoms with E-state index in [1.807, 2.05) is 6.07 Å². The molecule has 17 nitrogen and oxygen atoms in total. The Hall–Kier alpha value is -5.82. The van der Waals surface area contributed by atoms with Crippen LogP contribution < -0.4 is 24.4 Å². The largest absolute Gasteiger partial charge is 0.474 e. The predicted molar refractivity (Wildman–Crippen MR) is 247 cm³/mol. The first-order chi connectivity index (χ1) is 31.9. The van der Waals surface area contributed by atoms with Gasteiger partial charge in [0.25, 0.3) is 15.9 Å². The molecule has 1 saturated carbocycles. The summed E-state index contributed by atoms with van der Waals surface area (Å²) < 4.78 is 53.6. The van der Waals surface area contributed by atoms with E-state index in [1.165, 1.54) is 17.3 Å². The summed E-state index contributed by atoms with van der Waals surface area (Å²) in [5, 5.41) is 15.5. The van der Waals surface area contributed by atoms with E-state index in [4.69, 9.17) is 18.9 Å². The van der Waals surface area contributed by atoms with Gasteiger partial charge in [0.05, 0.1) is 48.0 Å².